The van der Waals surface area contributed by atoms with Crippen LogP contribution in [0.25, 0.3) is 0 Å². The predicted molar refractivity (Wildman–Crippen MR) is 168 cm³/mol. The minimum atomic E-state index is -0.705. The van der Waals surface area contributed by atoms with Crippen LogP contribution in [0, 0.1) is 0 Å². The van der Waals surface area contributed by atoms with Gasteiger partial charge in [-0.15, -0.1) is 0 Å². The van der Waals surface area contributed by atoms with Crippen LogP contribution >= 0.6 is 23.2 Å². The number of hydrogen-bond donors (Lipinski definition) is 1. The molecular weight excluding hydrogens is 551 g/mol. The van der Waals surface area contributed by atoms with Gasteiger partial charge >= 0.3 is 0 Å². The quantitative estimate of drug-likeness (QED) is 0.161. The molecule has 0 heterocycles. The van der Waals surface area contributed by atoms with E-state index in [1.54, 1.807) is 17.0 Å². The smallest absolute Gasteiger partial charge is 0.243 e. The van der Waals surface area contributed by atoms with Crippen LogP contribution in [0.15, 0.2) is 109 Å². The highest BCUT2D eigenvalue weighted by molar-refractivity contribution is 6.42. The van der Waals surface area contributed by atoms with E-state index >= 15 is 0 Å². The fraction of sp³-hybridized carbons (Fsp3) is 0.257. The molecule has 0 aromatic heterocycles. The number of amides is 2. The first-order valence-electron chi connectivity index (χ1n) is 14.1. The summed E-state index contributed by atoms with van der Waals surface area (Å²) in [6.45, 7) is 2.87. The van der Waals surface area contributed by atoms with Crippen molar-refractivity contribution in [3.05, 3.63) is 141 Å². The summed E-state index contributed by atoms with van der Waals surface area (Å²) in [4.78, 5) is 29.9. The van der Waals surface area contributed by atoms with Crippen molar-refractivity contribution < 1.29 is 9.59 Å². The molecule has 0 saturated heterocycles. The molecule has 41 heavy (non-hydrogen) atoms. The first-order chi connectivity index (χ1) is 20.0. The highest BCUT2D eigenvalue weighted by Gasteiger charge is 2.32. The first-order valence-corrected chi connectivity index (χ1v) is 14.9. The number of nitrogens with one attached hydrogen (secondary N) is 1. The van der Waals surface area contributed by atoms with Crippen molar-refractivity contribution in [3.63, 3.8) is 0 Å². The molecule has 1 N–H and O–H groups in total. The second-order valence-corrected chi connectivity index (χ2v) is 11.0. The van der Waals surface area contributed by atoms with E-state index in [2.05, 4.69) is 12.2 Å². The Labute approximate surface area is 253 Å². The lowest BCUT2D eigenvalue weighted by Gasteiger charge is -2.33. The topological polar surface area (TPSA) is 49.4 Å². The number of nitrogens with zero attached hydrogens (tertiary/aromatic N) is 1. The Morgan fingerprint density at radius 3 is 1.90 bits per heavy atom. The SMILES string of the molecule is CCCCNC(=O)[C@@H](Cc1ccccc1)N(Cc1ccc(Cl)c(Cl)c1)C(=O)CC(c1ccccc1)c1ccccc1. The average Bonchev–Trinajstić information content (AvgIpc) is 3.00. The number of rotatable bonds is 13. The van der Waals surface area contributed by atoms with Crippen molar-refractivity contribution in [2.24, 2.45) is 0 Å². The summed E-state index contributed by atoms with van der Waals surface area (Å²) in [6.07, 6.45) is 2.44. The fourth-order valence-electron chi connectivity index (χ4n) is 4.99. The second kappa shape index (κ2) is 15.4. The number of benzene rings is 4. The molecule has 0 aliphatic heterocycles. The van der Waals surface area contributed by atoms with Crippen LogP contribution in [0.5, 0.6) is 0 Å². The number of carbonyl (C=O) groups is 2. The lowest BCUT2D eigenvalue weighted by atomic mass is 9.87. The highest BCUT2D eigenvalue weighted by atomic mass is 35.5. The van der Waals surface area contributed by atoms with Gasteiger partial charge in [-0.3, -0.25) is 9.59 Å². The number of halogens is 2. The molecule has 0 unspecified atom stereocenters. The zero-order chi connectivity index (χ0) is 29.0. The first kappa shape index (κ1) is 30.4. The third kappa shape index (κ3) is 8.69. The van der Waals surface area contributed by atoms with E-state index in [1.165, 1.54) is 0 Å². The molecule has 0 saturated carbocycles. The average molecular weight is 588 g/mol. The van der Waals surface area contributed by atoms with Gasteiger partial charge in [0.15, 0.2) is 0 Å². The standard InChI is InChI=1S/C35H36Cl2N2O2/c1-2-3-21-38-35(41)33(23-26-13-7-4-8-14-26)39(25-27-19-20-31(36)32(37)22-27)34(40)24-30(28-15-9-5-10-16-28)29-17-11-6-12-18-29/h4-20,22,30,33H,2-3,21,23-25H2,1H3,(H,38,41)/t33-/m1/s1. The molecule has 2 amide bonds. The van der Waals surface area contributed by atoms with Crippen LogP contribution in [0.2, 0.25) is 10.0 Å². The molecule has 0 fully saturated rings. The summed E-state index contributed by atoms with van der Waals surface area (Å²) < 4.78 is 0. The molecule has 4 rings (SSSR count). The van der Waals surface area contributed by atoms with Crippen LogP contribution in [-0.2, 0) is 22.6 Å². The van der Waals surface area contributed by atoms with Crippen molar-refractivity contribution >= 4 is 35.0 Å². The molecule has 0 aliphatic carbocycles. The van der Waals surface area contributed by atoms with Gasteiger partial charge in [-0.2, -0.15) is 0 Å². The van der Waals surface area contributed by atoms with Crippen LogP contribution in [0.4, 0.5) is 0 Å². The molecule has 0 radical (unpaired) electrons. The third-order valence-electron chi connectivity index (χ3n) is 7.22. The van der Waals surface area contributed by atoms with Gasteiger partial charge in [0.1, 0.15) is 6.04 Å². The van der Waals surface area contributed by atoms with E-state index in [-0.39, 0.29) is 30.7 Å². The van der Waals surface area contributed by atoms with Crippen LogP contribution in [0.1, 0.15) is 54.4 Å². The minimum Gasteiger partial charge on any atom is -0.354 e. The Bertz CT molecular complexity index is 1360. The van der Waals surface area contributed by atoms with Crippen LogP contribution < -0.4 is 5.32 Å². The summed E-state index contributed by atoms with van der Waals surface area (Å²) in [5.41, 5.74) is 3.89. The van der Waals surface area contributed by atoms with Gasteiger partial charge in [0.05, 0.1) is 10.0 Å². The van der Waals surface area contributed by atoms with Gasteiger partial charge < -0.3 is 10.2 Å². The maximum atomic E-state index is 14.4. The van der Waals surface area contributed by atoms with Crippen molar-refractivity contribution in [2.45, 2.75) is 51.1 Å². The van der Waals surface area contributed by atoms with Crippen molar-refractivity contribution in [3.8, 4) is 0 Å². The summed E-state index contributed by atoms with van der Waals surface area (Å²) in [5.74, 6) is -0.436. The second-order valence-electron chi connectivity index (χ2n) is 10.2. The lowest BCUT2D eigenvalue weighted by Crippen LogP contribution is -2.51. The monoisotopic (exact) mass is 586 g/mol. The van der Waals surface area contributed by atoms with Gasteiger partial charge in [0.25, 0.3) is 0 Å². The maximum Gasteiger partial charge on any atom is 0.243 e. The normalized spacial score (nSPS) is 11.7. The molecular formula is C35H36Cl2N2O2. The van der Waals surface area contributed by atoms with Crippen molar-refractivity contribution in [2.75, 3.05) is 6.54 Å². The van der Waals surface area contributed by atoms with E-state index in [0.29, 0.717) is 23.0 Å². The van der Waals surface area contributed by atoms with E-state index in [9.17, 15) is 9.59 Å². The lowest BCUT2D eigenvalue weighted by molar-refractivity contribution is -0.141. The molecule has 0 bridgehead atoms. The fourth-order valence-corrected chi connectivity index (χ4v) is 5.31. The number of unbranched alkanes of at least 4 members (excludes halogenated alkanes) is 1. The number of carbonyl (C=O) groups excluding carboxylic acids is 2. The Balaban J connectivity index is 1.73. The van der Waals surface area contributed by atoms with Crippen LogP contribution in [-0.4, -0.2) is 29.3 Å². The molecule has 4 nitrogen and oxygen atoms in total. The van der Waals surface area contributed by atoms with Gasteiger partial charge in [0, 0.05) is 31.8 Å². The third-order valence-corrected chi connectivity index (χ3v) is 7.96. The Kier molecular flexibility index (Phi) is 11.4. The van der Waals surface area contributed by atoms with Crippen molar-refractivity contribution in [1.82, 2.24) is 10.2 Å². The molecule has 1 atom stereocenters. The molecule has 212 valence electrons. The van der Waals surface area contributed by atoms with Gasteiger partial charge in [0.2, 0.25) is 11.8 Å². The van der Waals surface area contributed by atoms with E-state index < -0.39 is 6.04 Å². The molecule has 4 aromatic rings. The highest BCUT2D eigenvalue weighted by Crippen LogP contribution is 2.30. The summed E-state index contributed by atoms with van der Waals surface area (Å²) in [5, 5.41) is 3.94. The summed E-state index contributed by atoms with van der Waals surface area (Å²) in [6, 6.07) is 34.6. The van der Waals surface area contributed by atoms with Gasteiger partial charge in [-0.1, -0.05) is 134 Å². The zero-order valence-corrected chi connectivity index (χ0v) is 24.8. The number of hydrogen-bond acceptors (Lipinski definition) is 2. The molecule has 0 aliphatic rings. The van der Waals surface area contributed by atoms with E-state index in [4.69, 9.17) is 23.2 Å². The predicted octanol–water partition coefficient (Wildman–Crippen LogP) is 8.07. The van der Waals surface area contributed by atoms with Gasteiger partial charge in [-0.05, 0) is 40.8 Å². The molecule has 0 spiro atoms. The Morgan fingerprint density at radius 2 is 1.34 bits per heavy atom. The molecule has 6 heteroatoms. The Morgan fingerprint density at radius 1 is 0.756 bits per heavy atom. The van der Waals surface area contributed by atoms with Gasteiger partial charge in [-0.25, -0.2) is 0 Å². The largest absolute Gasteiger partial charge is 0.354 e. The molecule has 4 aromatic carbocycles. The summed E-state index contributed by atoms with van der Waals surface area (Å²) in [7, 11) is 0. The summed E-state index contributed by atoms with van der Waals surface area (Å²) >= 11 is 12.6. The van der Waals surface area contributed by atoms with E-state index in [1.807, 2.05) is 97.1 Å². The van der Waals surface area contributed by atoms with Crippen molar-refractivity contribution in [1.29, 1.82) is 0 Å². The van der Waals surface area contributed by atoms with Crippen LogP contribution in [0.3, 0.4) is 0 Å². The Hall–Kier alpha value is -3.60. The maximum absolute atomic E-state index is 14.4. The zero-order valence-electron chi connectivity index (χ0n) is 23.3. The minimum absolute atomic E-state index is 0.111. The van der Waals surface area contributed by atoms with E-state index in [0.717, 1.165) is 35.1 Å².